The van der Waals surface area contributed by atoms with Crippen molar-refractivity contribution in [1.29, 1.82) is 0 Å². The van der Waals surface area contributed by atoms with E-state index in [4.69, 9.17) is 4.74 Å². The second-order valence-electron chi connectivity index (χ2n) is 5.96. The average molecular weight is 355 g/mol. The molecule has 0 aromatic heterocycles. The smallest absolute Gasteiger partial charge is 0.123 e. The minimum absolute atomic E-state index is 0.600. The third kappa shape index (κ3) is 4.70. The van der Waals surface area contributed by atoms with Crippen molar-refractivity contribution in [2.45, 2.75) is 51.7 Å². The summed E-state index contributed by atoms with van der Waals surface area (Å²) >= 11 is 3.57. The highest BCUT2D eigenvalue weighted by atomic mass is 79.9. The minimum atomic E-state index is 0.600. The Morgan fingerprint density at radius 2 is 2.24 bits per heavy atom. The monoisotopic (exact) mass is 354 g/mol. The number of ether oxygens (including phenoxy) is 1. The van der Waals surface area contributed by atoms with Gasteiger partial charge in [0.05, 0.1) is 7.11 Å². The summed E-state index contributed by atoms with van der Waals surface area (Å²) in [6.07, 6.45) is 3.69. The Kier molecular flexibility index (Phi) is 6.52. The fraction of sp³-hybridized carbons (Fsp3) is 0.647. The van der Waals surface area contributed by atoms with E-state index in [1.807, 2.05) is 12.1 Å². The second-order valence-corrected chi connectivity index (χ2v) is 6.88. The van der Waals surface area contributed by atoms with Gasteiger partial charge >= 0.3 is 0 Å². The molecule has 1 aromatic rings. The molecule has 0 amide bonds. The van der Waals surface area contributed by atoms with Gasteiger partial charge in [-0.1, -0.05) is 29.3 Å². The van der Waals surface area contributed by atoms with Crippen molar-refractivity contribution < 1.29 is 4.74 Å². The number of hydrogen-bond donors (Lipinski definition) is 1. The molecule has 2 atom stereocenters. The van der Waals surface area contributed by atoms with E-state index in [0.717, 1.165) is 29.9 Å². The van der Waals surface area contributed by atoms with Crippen LogP contribution in [0, 0.1) is 0 Å². The molecule has 21 heavy (non-hydrogen) atoms. The van der Waals surface area contributed by atoms with Gasteiger partial charge in [0.1, 0.15) is 5.75 Å². The van der Waals surface area contributed by atoms with E-state index in [0.29, 0.717) is 12.1 Å². The largest absolute Gasteiger partial charge is 0.496 e. The predicted molar refractivity (Wildman–Crippen MR) is 91.9 cm³/mol. The molecule has 1 saturated heterocycles. The molecule has 3 nitrogen and oxygen atoms in total. The fourth-order valence-electron chi connectivity index (χ4n) is 3.06. The van der Waals surface area contributed by atoms with E-state index >= 15 is 0 Å². The van der Waals surface area contributed by atoms with Crippen LogP contribution in [-0.2, 0) is 6.54 Å². The number of methoxy groups -OCH3 is 1. The Bertz CT molecular complexity index is 452. The quantitative estimate of drug-likeness (QED) is 0.869. The first-order chi connectivity index (χ1) is 10.1. The molecule has 1 aromatic carbocycles. The Labute approximate surface area is 137 Å². The van der Waals surface area contributed by atoms with Gasteiger partial charge in [0, 0.05) is 35.2 Å². The molecule has 0 radical (unpaired) electrons. The summed E-state index contributed by atoms with van der Waals surface area (Å²) in [5.74, 6) is 0.981. The zero-order chi connectivity index (χ0) is 15.2. The molecule has 1 N–H and O–H groups in total. The van der Waals surface area contributed by atoms with Gasteiger partial charge in [-0.05, 0) is 44.5 Å². The van der Waals surface area contributed by atoms with Gasteiger partial charge in [0.25, 0.3) is 0 Å². The third-order valence-corrected chi connectivity index (χ3v) is 4.82. The minimum Gasteiger partial charge on any atom is -0.496 e. The third-order valence-electron chi connectivity index (χ3n) is 4.33. The highest BCUT2D eigenvalue weighted by Gasteiger charge is 2.23. The second kappa shape index (κ2) is 8.16. The number of nitrogens with one attached hydrogen (secondary N) is 1. The maximum atomic E-state index is 5.52. The molecule has 1 heterocycles. The maximum Gasteiger partial charge on any atom is 0.123 e. The molecular weight excluding hydrogens is 328 g/mol. The Morgan fingerprint density at radius 1 is 1.43 bits per heavy atom. The predicted octanol–water partition coefficient (Wildman–Crippen LogP) is 3.81. The van der Waals surface area contributed by atoms with E-state index in [-0.39, 0.29) is 0 Å². The van der Waals surface area contributed by atoms with Gasteiger partial charge in [0.2, 0.25) is 0 Å². The van der Waals surface area contributed by atoms with Crippen LogP contribution >= 0.6 is 15.9 Å². The number of nitrogens with zero attached hydrogens (tertiary/aromatic N) is 1. The number of benzene rings is 1. The first-order valence-electron chi connectivity index (χ1n) is 7.94. The van der Waals surface area contributed by atoms with Gasteiger partial charge in [-0.3, -0.25) is 4.90 Å². The van der Waals surface area contributed by atoms with Gasteiger partial charge in [0.15, 0.2) is 0 Å². The van der Waals surface area contributed by atoms with Gasteiger partial charge in [-0.2, -0.15) is 0 Å². The van der Waals surface area contributed by atoms with E-state index in [9.17, 15) is 0 Å². The zero-order valence-corrected chi connectivity index (χ0v) is 14.9. The van der Waals surface area contributed by atoms with E-state index in [1.165, 1.54) is 24.8 Å². The highest BCUT2D eigenvalue weighted by molar-refractivity contribution is 9.10. The maximum absolute atomic E-state index is 5.52. The van der Waals surface area contributed by atoms with Crippen LogP contribution in [0.4, 0.5) is 0 Å². The summed E-state index contributed by atoms with van der Waals surface area (Å²) in [6.45, 7) is 7.78. The Morgan fingerprint density at radius 3 is 2.95 bits per heavy atom. The van der Waals surface area contributed by atoms with Gasteiger partial charge in [-0.25, -0.2) is 0 Å². The molecule has 0 aliphatic carbocycles. The SMILES string of the molecule is CCCC1CN(Cc2cc(Br)ccc2OC)C(C)CCN1. The number of halogens is 1. The lowest BCUT2D eigenvalue weighted by Crippen LogP contribution is -2.39. The van der Waals surface area contributed by atoms with Crippen molar-refractivity contribution in [2.24, 2.45) is 0 Å². The standard InChI is InChI=1S/C17H27BrN2O/c1-4-5-16-12-20(13(2)8-9-19-16)11-14-10-15(18)6-7-17(14)21-3/h6-7,10,13,16,19H,4-5,8-9,11-12H2,1-3H3. The van der Waals surface area contributed by atoms with Crippen LogP contribution in [0.25, 0.3) is 0 Å². The molecule has 0 spiro atoms. The molecule has 118 valence electrons. The van der Waals surface area contributed by atoms with E-state index in [2.05, 4.69) is 46.1 Å². The first kappa shape index (κ1) is 16.8. The van der Waals surface area contributed by atoms with E-state index < -0.39 is 0 Å². The summed E-state index contributed by atoms with van der Waals surface area (Å²) in [7, 11) is 1.75. The molecule has 1 aliphatic rings. The van der Waals surface area contributed by atoms with Crippen molar-refractivity contribution >= 4 is 15.9 Å². The lowest BCUT2D eigenvalue weighted by Gasteiger charge is -2.29. The average Bonchev–Trinajstić information content (AvgIpc) is 2.62. The normalized spacial score (nSPS) is 23.8. The van der Waals surface area contributed by atoms with E-state index in [1.54, 1.807) is 7.11 Å². The lowest BCUT2D eigenvalue weighted by molar-refractivity contribution is 0.191. The van der Waals surface area contributed by atoms with Crippen molar-refractivity contribution in [1.82, 2.24) is 10.2 Å². The Balaban J connectivity index is 2.13. The van der Waals surface area contributed by atoms with Gasteiger partial charge < -0.3 is 10.1 Å². The lowest BCUT2D eigenvalue weighted by atomic mass is 10.1. The molecule has 0 saturated carbocycles. The molecular formula is C17H27BrN2O. The number of rotatable bonds is 5. The van der Waals surface area contributed by atoms with Crippen molar-refractivity contribution in [3.8, 4) is 5.75 Å². The number of hydrogen-bond acceptors (Lipinski definition) is 3. The van der Waals surface area contributed by atoms with Gasteiger partial charge in [-0.15, -0.1) is 0 Å². The van der Waals surface area contributed by atoms with Crippen LogP contribution in [0.2, 0.25) is 0 Å². The molecule has 4 heteroatoms. The molecule has 1 fully saturated rings. The van der Waals surface area contributed by atoms with Crippen LogP contribution in [0.15, 0.2) is 22.7 Å². The van der Waals surface area contributed by atoms with Crippen molar-refractivity contribution in [2.75, 3.05) is 20.2 Å². The summed E-state index contributed by atoms with van der Waals surface area (Å²) in [4.78, 5) is 2.59. The zero-order valence-electron chi connectivity index (χ0n) is 13.4. The molecule has 0 bridgehead atoms. The fourth-order valence-corrected chi connectivity index (χ4v) is 3.47. The van der Waals surface area contributed by atoms with Crippen LogP contribution in [0.3, 0.4) is 0 Å². The van der Waals surface area contributed by atoms with Crippen LogP contribution in [0.1, 0.15) is 38.7 Å². The van der Waals surface area contributed by atoms with Crippen LogP contribution in [0.5, 0.6) is 5.75 Å². The van der Waals surface area contributed by atoms with Crippen molar-refractivity contribution in [3.05, 3.63) is 28.2 Å². The summed E-state index contributed by atoms with van der Waals surface area (Å²) in [5.41, 5.74) is 1.26. The highest BCUT2D eigenvalue weighted by Crippen LogP contribution is 2.26. The van der Waals surface area contributed by atoms with Crippen LogP contribution in [-0.4, -0.2) is 37.2 Å². The molecule has 1 aliphatic heterocycles. The summed E-state index contributed by atoms with van der Waals surface area (Å²) in [5, 5.41) is 3.69. The summed E-state index contributed by atoms with van der Waals surface area (Å²) < 4.78 is 6.63. The molecule has 2 unspecified atom stereocenters. The topological polar surface area (TPSA) is 24.5 Å². The van der Waals surface area contributed by atoms with Crippen LogP contribution < -0.4 is 10.1 Å². The molecule has 2 rings (SSSR count). The summed E-state index contributed by atoms with van der Waals surface area (Å²) in [6, 6.07) is 7.47. The van der Waals surface area contributed by atoms with Crippen molar-refractivity contribution in [3.63, 3.8) is 0 Å². The first-order valence-corrected chi connectivity index (χ1v) is 8.73. The Hall–Kier alpha value is -0.580.